The quantitative estimate of drug-likeness (QED) is 0.598. The number of nitrogens with zero attached hydrogens (tertiary/aromatic N) is 1. The largest absolute Gasteiger partial charge is 0.375 e. The highest BCUT2D eigenvalue weighted by molar-refractivity contribution is 6.11. The normalized spacial score (nSPS) is 17.7. The van der Waals surface area contributed by atoms with Crippen molar-refractivity contribution >= 4 is 17.4 Å². The van der Waals surface area contributed by atoms with E-state index in [1.165, 1.54) is 0 Å². The van der Waals surface area contributed by atoms with Crippen molar-refractivity contribution in [3.63, 3.8) is 0 Å². The molecule has 0 saturated heterocycles. The molecule has 0 spiro atoms. The van der Waals surface area contributed by atoms with Gasteiger partial charge >= 0.3 is 0 Å². The summed E-state index contributed by atoms with van der Waals surface area (Å²) in [5.41, 5.74) is 3.85. The van der Waals surface area contributed by atoms with Gasteiger partial charge in [-0.15, -0.1) is 0 Å². The van der Waals surface area contributed by atoms with E-state index in [0.29, 0.717) is 29.8 Å². The van der Waals surface area contributed by atoms with Crippen molar-refractivity contribution in [3.8, 4) is 0 Å². The number of anilines is 1. The first kappa shape index (κ1) is 21.0. The minimum atomic E-state index is -1.85. The first-order valence-electron chi connectivity index (χ1n) is 10.6. The number of hydrogen-bond donors (Lipinski definition) is 1. The summed E-state index contributed by atoms with van der Waals surface area (Å²) in [6.45, 7) is 6.23. The second-order valence-electron chi connectivity index (χ2n) is 8.44. The van der Waals surface area contributed by atoms with Crippen LogP contribution in [0.3, 0.4) is 0 Å². The average Bonchev–Trinajstić information content (AvgIpc) is 2.93. The number of carbonyl (C=O) groups is 2. The Balaban J connectivity index is 1.65. The van der Waals surface area contributed by atoms with Gasteiger partial charge in [-0.2, -0.15) is 0 Å². The van der Waals surface area contributed by atoms with Crippen molar-refractivity contribution in [2.24, 2.45) is 0 Å². The second kappa shape index (κ2) is 8.12. The summed E-state index contributed by atoms with van der Waals surface area (Å²) in [5.74, 6) is -0.647. The van der Waals surface area contributed by atoms with E-state index < -0.39 is 11.5 Å². The Morgan fingerprint density at radius 1 is 0.935 bits per heavy atom. The third-order valence-electron chi connectivity index (χ3n) is 6.08. The molecule has 4 heteroatoms. The summed E-state index contributed by atoms with van der Waals surface area (Å²) >= 11 is 0. The van der Waals surface area contributed by atoms with Crippen LogP contribution in [0.2, 0.25) is 0 Å². The number of ketones is 1. The zero-order valence-corrected chi connectivity index (χ0v) is 18.2. The molecule has 0 radical (unpaired) electrons. The Morgan fingerprint density at radius 2 is 1.55 bits per heavy atom. The lowest BCUT2D eigenvalue weighted by Gasteiger charge is -2.23. The van der Waals surface area contributed by atoms with Crippen molar-refractivity contribution < 1.29 is 14.7 Å². The molecule has 0 unspecified atom stereocenters. The van der Waals surface area contributed by atoms with Crippen LogP contribution >= 0.6 is 0 Å². The number of benzene rings is 3. The van der Waals surface area contributed by atoms with Gasteiger partial charge in [0.25, 0.3) is 5.91 Å². The van der Waals surface area contributed by atoms with Crippen LogP contribution in [0, 0.1) is 20.8 Å². The monoisotopic (exact) mass is 413 g/mol. The molecule has 0 bridgehead atoms. The molecule has 1 aliphatic rings. The van der Waals surface area contributed by atoms with E-state index in [2.05, 4.69) is 0 Å². The topological polar surface area (TPSA) is 57.6 Å². The van der Waals surface area contributed by atoms with Crippen molar-refractivity contribution in [1.29, 1.82) is 0 Å². The van der Waals surface area contributed by atoms with Crippen LogP contribution in [0.4, 0.5) is 5.69 Å². The molecule has 3 aromatic carbocycles. The first-order chi connectivity index (χ1) is 14.8. The Labute approximate surface area is 183 Å². The standard InChI is InChI=1S/C27H27NO3/c1-18-15-19(2)25(20(3)16-18)24(29)17-27(31)22-11-7-8-12-23(22)28(26(27)30)14-13-21-9-5-4-6-10-21/h4-12,15-16,31H,13-14,17H2,1-3H3/t27-/m0/s1. The van der Waals surface area contributed by atoms with Gasteiger partial charge in [0.1, 0.15) is 0 Å². The summed E-state index contributed by atoms with van der Waals surface area (Å²) in [7, 11) is 0. The Hall–Kier alpha value is -3.24. The second-order valence-corrected chi connectivity index (χ2v) is 8.44. The number of amides is 1. The minimum Gasteiger partial charge on any atom is -0.375 e. The average molecular weight is 414 g/mol. The van der Waals surface area contributed by atoms with E-state index in [9.17, 15) is 14.7 Å². The summed E-state index contributed by atoms with van der Waals surface area (Å²) in [6, 6.07) is 21.1. The van der Waals surface area contributed by atoms with Crippen LogP contribution in [0.1, 0.15) is 44.6 Å². The van der Waals surface area contributed by atoms with E-state index in [-0.39, 0.29) is 12.2 Å². The number of aliphatic hydroxyl groups is 1. The number of Topliss-reactive ketones (excluding diaryl/α,β-unsaturated/α-hetero) is 1. The van der Waals surface area contributed by atoms with Gasteiger partial charge in [0.2, 0.25) is 0 Å². The third-order valence-corrected chi connectivity index (χ3v) is 6.08. The Morgan fingerprint density at radius 3 is 2.23 bits per heavy atom. The maximum atomic E-state index is 13.4. The Bertz CT molecular complexity index is 1130. The van der Waals surface area contributed by atoms with E-state index in [4.69, 9.17) is 0 Å². The molecule has 0 fully saturated rings. The predicted octanol–water partition coefficient (Wildman–Crippen LogP) is 4.66. The molecule has 1 aliphatic heterocycles. The molecule has 1 amide bonds. The molecule has 0 aromatic heterocycles. The SMILES string of the molecule is Cc1cc(C)c(C(=O)C[C@@]2(O)C(=O)N(CCc3ccccc3)c3ccccc32)c(C)c1. The number of fused-ring (bicyclic) bond motifs is 1. The molecule has 3 aromatic rings. The van der Waals surface area contributed by atoms with Gasteiger partial charge in [0.05, 0.1) is 12.1 Å². The molecular weight excluding hydrogens is 386 g/mol. The predicted molar refractivity (Wildman–Crippen MR) is 122 cm³/mol. The number of rotatable bonds is 6. The van der Waals surface area contributed by atoms with Crippen LogP contribution in [0.25, 0.3) is 0 Å². The molecule has 158 valence electrons. The molecule has 4 nitrogen and oxygen atoms in total. The van der Waals surface area contributed by atoms with Gasteiger partial charge in [-0.3, -0.25) is 9.59 Å². The fraction of sp³-hybridized carbons (Fsp3) is 0.259. The van der Waals surface area contributed by atoms with Crippen LogP contribution in [-0.2, 0) is 16.8 Å². The lowest BCUT2D eigenvalue weighted by Crippen LogP contribution is -2.42. The smallest absolute Gasteiger partial charge is 0.264 e. The van der Waals surface area contributed by atoms with Crippen molar-refractivity contribution in [1.82, 2.24) is 0 Å². The number of para-hydroxylation sites is 1. The van der Waals surface area contributed by atoms with Crippen molar-refractivity contribution in [3.05, 3.63) is 100 Å². The van der Waals surface area contributed by atoms with Gasteiger partial charge in [0.15, 0.2) is 11.4 Å². The number of aryl methyl sites for hydroxylation is 3. The van der Waals surface area contributed by atoms with E-state index >= 15 is 0 Å². The molecule has 4 rings (SSSR count). The number of hydrogen-bond acceptors (Lipinski definition) is 3. The lowest BCUT2D eigenvalue weighted by molar-refractivity contribution is -0.135. The third kappa shape index (κ3) is 3.79. The summed E-state index contributed by atoms with van der Waals surface area (Å²) < 4.78 is 0. The molecule has 1 N–H and O–H groups in total. The highest BCUT2D eigenvalue weighted by Crippen LogP contribution is 2.43. The van der Waals surface area contributed by atoms with Crippen molar-refractivity contribution in [2.75, 3.05) is 11.4 Å². The summed E-state index contributed by atoms with van der Waals surface area (Å²) in [4.78, 5) is 28.3. The maximum absolute atomic E-state index is 13.4. The first-order valence-corrected chi connectivity index (χ1v) is 10.6. The van der Waals surface area contributed by atoms with Crippen LogP contribution in [0.15, 0.2) is 66.7 Å². The zero-order valence-electron chi connectivity index (χ0n) is 18.2. The van der Waals surface area contributed by atoms with Gasteiger partial charge < -0.3 is 10.0 Å². The van der Waals surface area contributed by atoms with Crippen LogP contribution < -0.4 is 4.90 Å². The highest BCUT2D eigenvalue weighted by atomic mass is 16.3. The zero-order chi connectivity index (χ0) is 22.2. The Kier molecular flexibility index (Phi) is 5.50. The van der Waals surface area contributed by atoms with Crippen LogP contribution in [-0.4, -0.2) is 23.3 Å². The molecule has 31 heavy (non-hydrogen) atoms. The number of carbonyl (C=O) groups excluding carboxylic acids is 2. The van der Waals surface area contributed by atoms with Crippen molar-refractivity contribution in [2.45, 2.75) is 39.2 Å². The summed E-state index contributed by atoms with van der Waals surface area (Å²) in [6.07, 6.45) is 0.399. The fourth-order valence-electron chi connectivity index (χ4n) is 4.73. The molecule has 1 heterocycles. The fourth-order valence-corrected chi connectivity index (χ4v) is 4.73. The maximum Gasteiger partial charge on any atom is 0.264 e. The molecule has 0 saturated carbocycles. The summed E-state index contributed by atoms with van der Waals surface area (Å²) in [5, 5.41) is 11.5. The van der Waals surface area contributed by atoms with Gasteiger partial charge in [0, 0.05) is 17.7 Å². The van der Waals surface area contributed by atoms with Gasteiger partial charge in [-0.1, -0.05) is 66.2 Å². The highest BCUT2D eigenvalue weighted by Gasteiger charge is 2.50. The van der Waals surface area contributed by atoms with E-state index in [1.807, 2.05) is 75.4 Å². The molecule has 1 atom stereocenters. The molecular formula is C27H27NO3. The van der Waals surface area contributed by atoms with E-state index in [0.717, 1.165) is 22.3 Å². The van der Waals surface area contributed by atoms with Gasteiger partial charge in [-0.05, 0) is 49.9 Å². The lowest BCUT2D eigenvalue weighted by atomic mass is 9.85. The minimum absolute atomic E-state index is 0.217. The molecule has 0 aliphatic carbocycles. The van der Waals surface area contributed by atoms with E-state index in [1.54, 1.807) is 17.0 Å². The van der Waals surface area contributed by atoms with Gasteiger partial charge in [-0.25, -0.2) is 0 Å². The van der Waals surface area contributed by atoms with Crippen LogP contribution in [0.5, 0.6) is 0 Å².